The molecule has 0 bridgehead atoms. The van der Waals surface area contributed by atoms with Gasteiger partial charge in [-0.05, 0) is 17.7 Å². The molecule has 3 unspecified atom stereocenters. The number of alkyl halides is 1. The topological polar surface area (TPSA) is 55.8 Å². The molecule has 2 aliphatic rings. The van der Waals surface area contributed by atoms with Crippen LogP contribution in [0.1, 0.15) is 5.56 Å². The third-order valence-corrected chi connectivity index (χ3v) is 6.18. The Bertz CT molecular complexity index is 565. The zero-order valence-electron chi connectivity index (χ0n) is 11.3. The van der Waals surface area contributed by atoms with Gasteiger partial charge in [-0.15, -0.1) is 11.8 Å². The number of methoxy groups -OCH3 is 1. The van der Waals surface area contributed by atoms with Gasteiger partial charge in [-0.1, -0.05) is 28.1 Å². The van der Waals surface area contributed by atoms with E-state index >= 15 is 0 Å². The van der Waals surface area contributed by atoms with Gasteiger partial charge in [0.1, 0.15) is 28.6 Å². The maximum absolute atomic E-state index is 12.1. The molecule has 1 aromatic carbocycles. The average Bonchev–Trinajstić information content (AvgIpc) is 2.93. The van der Waals surface area contributed by atoms with Gasteiger partial charge in [0.05, 0.1) is 7.11 Å². The van der Waals surface area contributed by atoms with Crippen molar-refractivity contribution in [3.63, 3.8) is 0 Å². The second-order valence-electron chi connectivity index (χ2n) is 4.84. The zero-order valence-corrected chi connectivity index (χ0v) is 13.7. The number of ether oxygens (including phenoxy) is 2. The number of carbonyl (C=O) groups excluding carboxylic acids is 2. The van der Waals surface area contributed by atoms with Crippen LogP contribution in [0.5, 0.6) is 5.75 Å². The summed E-state index contributed by atoms with van der Waals surface area (Å²) in [5, 5.41) is 0.0658. The number of thioether (sulfide) groups is 1. The van der Waals surface area contributed by atoms with Crippen LogP contribution in [0, 0.1) is 0 Å². The van der Waals surface area contributed by atoms with Crippen LogP contribution in [-0.4, -0.2) is 45.9 Å². The minimum absolute atomic E-state index is 0.0311. The number of halogens is 1. The fourth-order valence-electron chi connectivity index (χ4n) is 2.37. The van der Waals surface area contributed by atoms with Crippen LogP contribution in [0.25, 0.3) is 0 Å². The van der Waals surface area contributed by atoms with E-state index in [1.165, 1.54) is 0 Å². The molecule has 0 N–H and O–H groups in total. The van der Waals surface area contributed by atoms with Gasteiger partial charge in [0.25, 0.3) is 0 Å². The predicted molar refractivity (Wildman–Crippen MR) is 82.4 cm³/mol. The molecule has 3 atom stereocenters. The van der Waals surface area contributed by atoms with Crippen molar-refractivity contribution in [2.75, 3.05) is 12.9 Å². The van der Waals surface area contributed by atoms with Crippen molar-refractivity contribution in [2.24, 2.45) is 0 Å². The molecule has 2 heterocycles. The predicted octanol–water partition coefficient (Wildman–Crippen LogP) is 1.79. The van der Waals surface area contributed by atoms with Gasteiger partial charge in [-0.25, -0.2) is 4.79 Å². The molecule has 5 nitrogen and oxygen atoms in total. The molecule has 1 amide bonds. The van der Waals surface area contributed by atoms with Crippen LogP contribution in [-0.2, 0) is 20.9 Å². The molecule has 1 aromatic rings. The van der Waals surface area contributed by atoms with E-state index in [4.69, 9.17) is 9.47 Å². The normalized spacial score (nSPS) is 27.0. The van der Waals surface area contributed by atoms with Crippen molar-refractivity contribution in [3.05, 3.63) is 29.8 Å². The number of β-lactam (4-membered cyclic amide) rings is 1. The molecule has 7 heteroatoms. The van der Waals surface area contributed by atoms with E-state index in [0.717, 1.165) is 11.3 Å². The van der Waals surface area contributed by atoms with Crippen LogP contribution in [0.4, 0.5) is 0 Å². The fraction of sp³-hybridized carbons (Fsp3) is 0.429. The van der Waals surface area contributed by atoms with Crippen molar-refractivity contribution < 1.29 is 19.1 Å². The first-order valence-corrected chi connectivity index (χ1v) is 8.45. The third-order valence-electron chi connectivity index (χ3n) is 3.59. The molecule has 3 rings (SSSR count). The lowest BCUT2D eigenvalue weighted by atomic mass is 10.1. The van der Waals surface area contributed by atoms with Gasteiger partial charge in [-0.3, -0.25) is 4.79 Å². The zero-order chi connectivity index (χ0) is 15.0. The average molecular weight is 372 g/mol. The highest BCUT2D eigenvalue weighted by Crippen LogP contribution is 2.43. The number of nitrogens with zero attached hydrogens (tertiary/aromatic N) is 1. The number of amides is 1. The van der Waals surface area contributed by atoms with Crippen molar-refractivity contribution in [1.29, 1.82) is 0 Å². The highest BCUT2D eigenvalue weighted by atomic mass is 79.9. The number of rotatable bonds is 4. The molecular formula is C14H14BrNO4S. The lowest BCUT2D eigenvalue weighted by molar-refractivity contribution is -0.159. The lowest BCUT2D eigenvalue weighted by Crippen LogP contribution is -2.62. The van der Waals surface area contributed by atoms with E-state index < -0.39 is 6.04 Å². The molecule has 21 heavy (non-hydrogen) atoms. The van der Waals surface area contributed by atoms with Gasteiger partial charge in [-0.2, -0.15) is 0 Å². The van der Waals surface area contributed by atoms with E-state index in [2.05, 4.69) is 15.9 Å². The van der Waals surface area contributed by atoms with E-state index in [-0.39, 0.29) is 28.7 Å². The minimum Gasteiger partial charge on any atom is -0.497 e. The Balaban J connectivity index is 1.56. The molecule has 2 aliphatic heterocycles. The summed E-state index contributed by atoms with van der Waals surface area (Å²) in [6.07, 6.45) is 0. The second-order valence-corrected chi connectivity index (χ2v) is 6.98. The summed E-state index contributed by atoms with van der Waals surface area (Å²) in [5.41, 5.74) is 0.889. The van der Waals surface area contributed by atoms with Gasteiger partial charge in [0, 0.05) is 5.75 Å². The Kier molecular flexibility index (Phi) is 4.12. The molecule has 112 valence electrons. The number of carbonyl (C=O) groups is 2. The van der Waals surface area contributed by atoms with Gasteiger partial charge >= 0.3 is 5.97 Å². The van der Waals surface area contributed by atoms with Crippen LogP contribution in [0.15, 0.2) is 24.3 Å². The van der Waals surface area contributed by atoms with Crippen LogP contribution >= 0.6 is 27.7 Å². The second kappa shape index (κ2) is 5.88. The van der Waals surface area contributed by atoms with Crippen LogP contribution in [0.3, 0.4) is 0 Å². The third kappa shape index (κ3) is 2.64. The molecule has 2 fully saturated rings. The van der Waals surface area contributed by atoms with E-state index in [0.29, 0.717) is 5.75 Å². The highest BCUT2D eigenvalue weighted by molar-refractivity contribution is 9.10. The Morgan fingerprint density at radius 3 is 2.81 bits per heavy atom. The standard InChI is InChI=1S/C14H14BrNO4S/c1-19-9-4-2-8(3-5-9)6-20-14(18)10-7-21-13-11(15)12(17)16(10)13/h2-5,10-11,13H,6-7H2,1H3. The van der Waals surface area contributed by atoms with Crippen LogP contribution in [0.2, 0.25) is 0 Å². The largest absolute Gasteiger partial charge is 0.497 e. The minimum atomic E-state index is -0.459. The Hall–Kier alpha value is -1.21. The number of hydrogen-bond donors (Lipinski definition) is 0. The fourth-order valence-corrected chi connectivity index (χ4v) is 4.69. The summed E-state index contributed by atoms with van der Waals surface area (Å²) >= 11 is 4.93. The monoisotopic (exact) mass is 371 g/mol. The summed E-state index contributed by atoms with van der Waals surface area (Å²) in [7, 11) is 1.60. The molecule has 0 spiro atoms. The molecule has 0 aromatic heterocycles. The SMILES string of the molecule is COc1ccc(COC(=O)C2CSC3C(Br)C(=O)N23)cc1. The highest BCUT2D eigenvalue weighted by Gasteiger charge is 2.56. The van der Waals surface area contributed by atoms with Gasteiger partial charge < -0.3 is 14.4 Å². The molecular weight excluding hydrogens is 358 g/mol. The number of esters is 1. The number of fused-ring (bicyclic) bond motifs is 1. The molecule has 0 radical (unpaired) electrons. The van der Waals surface area contributed by atoms with Crippen molar-refractivity contribution in [3.8, 4) is 5.75 Å². The van der Waals surface area contributed by atoms with Gasteiger partial charge in [0.15, 0.2) is 0 Å². The smallest absolute Gasteiger partial charge is 0.330 e. The summed E-state index contributed by atoms with van der Waals surface area (Å²) in [4.78, 5) is 25.3. The first kappa shape index (κ1) is 14.7. The molecule has 0 aliphatic carbocycles. The van der Waals surface area contributed by atoms with E-state index in [1.807, 2.05) is 24.3 Å². The summed E-state index contributed by atoms with van der Waals surface area (Å²) < 4.78 is 10.4. The number of hydrogen-bond acceptors (Lipinski definition) is 5. The quantitative estimate of drug-likeness (QED) is 0.458. The maximum Gasteiger partial charge on any atom is 0.330 e. The molecule has 2 saturated heterocycles. The Morgan fingerprint density at radius 1 is 1.43 bits per heavy atom. The number of benzene rings is 1. The van der Waals surface area contributed by atoms with Crippen molar-refractivity contribution >= 4 is 39.6 Å². The summed E-state index contributed by atoms with van der Waals surface area (Å²) in [6.45, 7) is 0.203. The van der Waals surface area contributed by atoms with Crippen LogP contribution < -0.4 is 4.74 Å². The first-order valence-electron chi connectivity index (χ1n) is 6.49. The summed E-state index contributed by atoms with van der Waals surface area (Å²) in [5.74, 6) is 0.986. The maximum atomic E-state index is 12.1. The van der Waals surface area contributed by atoms with Crippen molar-refractivity contribution in [2.45, 2.75) is 22.8 Å². The van der Waals surface area contributed by atoms with E-state index in [9.17, 15) is 9.59 Å². The van der Waals surface area contributed by atoms with Crippen molar-refractivity contribution in [1.82, 2.24) is 4.90 Å². The Morgan fingerprint density at radius 2 is 2.14 bits per heavy atom. The summed E-state index contributed by atoms with van der Waals surface area (Å²) in [6, 6.07) is 6.88. The molecule has 0 saturated carbocycles. The lowest BCUT2D eigenvalue weighted by Gasteiger charge is -2.40. The van der Waals surface area contributed by atoms with E-state index in [1.54, 1.807) is 23.8 Å². The van der Waals surface area contributed by atoms with Gasteiger partial charge in [0.2, 0.25) is 5.91 Å². The first-order chi connectivity index (χ1) is 10.1. The Labute approximate surface area is 135 Å².